The summed E-state index contributed by atoms with van der Waals surface area (Å²) >= 11 is 0. The quantitative estimate of drug-likeness (QED) is 0.603. The second-order valence-electron chi connectivity index (χ2n) is 5.85. The SMILES string of the molecule is CCOC(=O)COc1cc(OCC)cc(C(Nc2ccc(C#N)cc2)C(=O)[O-])c1. The van der Waals surface area contributed by atoms with Crippen LogP contribution in [0.2, 0.25) is 0 Å². The standard InChI is InChI=1S/C21H22N2O6/c1-3-27-17-9-15(10-18(11-17)29-13-19(24)28-4-2)20(21(25)26)23-16-7-5-14(12-22)6-8-16/h5-11,20,23H,3-4,13H2,1-2H3,(H,25,26)/p-1. The Kier molecular flexibility index (Phi) is 7.86. The normalized spacial score (nSPS) is 11.1. The molecule has 0 radical (unpaired) electrons. The molecule has 0 spiro atoms. The molecule has 0 heterocycles. The Hall–Kier alpha value is -3.73. The molecule has 0 aliphatic carbocycles. The summed E-state index contributed by atoms with van der Waals surface area (Å²) in [7, 11) is 0. The van der Waals surface area contributed by atoms with Crippen LogP contribution in [0.25, 0.3) is 0 Å². The lowest BCUT2D eigenvalue weighted by Crippen LogP contribution is -2.34. The van der Waals surface area contributed by atoms with Crippen LogP contribution in [0.5, 0.6) is 11.5 Å². The highest BCUT2D eigenvalue weighted by Crippen LogP contribution is 2.29. The van der Waals surface area contributed by atoms with E-state index in [0.29, 0.717) is 29.2 Å². The van der Waals surface area contributed by atoms with Crippen LogP contribution in [0.3, 0.4) is 0 Å². The van der Waals surface area contributed by atoms with Gasteiger partial charge in [-0.1, -0.05) is 0 Å². The zero-order valence-electron chi connectivity index (χ0n) is 16.1. The van der Waals surface area contributed by atoms with E-state index in [0.717, 1.165) is 0 Å². The average molecular weight is 397 g/mol. The highest BCUT2D eigenvalue weighted by atomic mass is 16.6. The first-order valence-electron chi connectivity index (χ1n) is 9.00. The summed E-state index contributed by atoms with van der Waals surface area (Å²) < 4.78 is 15.7. The van der Waals surface area contributed by atoms with Gasteiger partial charge in [0, 0.05) is 11.8 Å². The van der Waals surface area contributed by atoms with Crippen molar-refractivity contribution in [2.24, 2.45) is 0 Å². The van der Waals surface area contributed by atoms with Crippen LogP contribution >= 0.6 is 0 Å². The van der Waals surface area contributed by atoms with E-state index in [2.05, 4.69) is 5.32 Å². The van der Waals surface area contributed by atoms with Crippen LogP contribution in [0.1, 0.15) is 31.0 Å². The molecule has 1 unspecified atom stereocenters. The van der Waals surface area contributed by atoms with Gasteiger partial charge in [-0.2, -0.15) is 5.26 Å². The third-order valence-corrected chi connectivity index (χ3v) is 3.77. The number of nitrogens with one attached hydrogen (secondary N) is 1. The number of ether oxygens (including phenoxy) is 3. The minimum Gasteiger partial charge on any atom is -0.548 e. The van der Waals surface area contributed by atoms with Gasteiger partial charge in [-0.15, -0.1) is 0 Å². The van der Waals surface area contributed by atoms with Crippen molar-refractivity contribution >= 4 is 17.6 Å². The maximum atomic E-state index is 11.8. The summed E-state index contributed by atoms with van der Waals surface area (Å²) in [5, 5.41) is 23.5. The van der Waals surface area contributed by atoms with E-state index in [4.69, 9.17) is 19.5 Å². The van der Waals surface area contributed by atoms with Crippen LogP contribution in [-0.2, 0) is 14.3 Å². The van der Waals surface area contributed by atoms with Gasteiger partial charge in [-0.05, 0) is 55.8 Å². The summed E-state index contributed by atoms with van der Waals surface area (Å²) in [6, 6.07) is 11.7. The molecule has 0 aliphatic rings. The Balaban J connectivity index is 2.29. The number of anilines is 1. The van der Waals surface area contributed by atoms with E-state index in [1.807, 2.05) is 6.07 Å². The molecule has 0 amide bonds. The molecule has 0 aliphatic heterocycles. The maximum Gasteiger partial charge on any atom is 0.344 e. The molecular weight excluding hydrogens is 376 g/mol. The molecule has 8 heteroatoms. The molecule has 1 atom stereocenters. The topological polar surface area (TPSA) is 121 Å². The number of esters is 1. The molecule has 29 heavy (non-hydrogen) atoms. The molecule has 2 aromatic carbocycles. The smallest absolute Gasteiger partial charge is 0.344 e. The van der Waals surface area contributed by atoms with E-state index in [-0.39, 0.29) is 19.0 Å². The lowest BCUT2D eigenvalue weighted by Gasteiger charge is -2.23. The number of hydrogen-bond donors (Lipinski definition) is 1. The van der Waals surface area contributed by atoms with E-state index in [1.54, 1.807) is 50.2 Å². The lowest BCUT2D eigenvalue weighted by atomic mass is 10.1. The minimum absolute atomic E-state index is 0.230. The first-order chi connectivity index (χ1) is 14.0. The molecule has 8 nitrogen and oxygen atoms in total. The molecule has 0 aromatic heterocycles. The summed E-state index contributed by atoms with van der Waals surface area (Å²) in [5.74, 6) is -1.26. The van der Waals surface area contributed by atoms with Crippen LogP contribution in [-0.4, -0.2) is 31.8 Å². The van der Waals surface area contributed by atoms with Crippen molar-refractivity contribution in [1.82, 2.24) is 0 Å². The van der Waals surface area contributed by atoms with Gasteiger partial charge in [0.25, 0.3) is 0 Å². The molecule has 2 aromatic rings. The molecular formula is C21H21N2O6-. The number of carbonyl (C=O) groups excluding carboxylic acids is 2. The fraction of sp³-hybridized carbons (Fsp3) is 0.286. The van der Waals surface area contributed by atoms with Crippen molar-refractivity contribution in [1.29, 1.82) is 5.26 Å². The number of nitrogens with zero attached hydrogens (tertiary/aromatic N) is 1. The van der Waals surface area contributed by atoms with Gasteiger partial charge in [0.15, 0.2) is 6.61 Å². The fourth-order valence-electron chi connectivity index (χ4n) is 2.52. The van der Waals surface area contributed by atoms with Crippen LogP contribution in [0.4, 0.5) is 5.69 Å². The number of aliphatic carboxylic acids is 1. The van der Waals surface area contributed by atoms with Crippen LogP contribution in [0, 0.1) is 11.3 Å². The molecule has 2 rings (SSSR count). The predicted octanol–water partition coefficient (Wildman–Crippen LogP) is 1.80. The van der Waals surface area contributed by atoms with Crippen molar-refractivity contribution in [3.05, 3.63) is 53.6 Å². The number of carbonyl (C=O) groups is 2. The van der Waals surface area contributed by atoms with Gasteiger partial charge in [-0.25, -0.2) is 4.79 Å². The molecule has 0 saturated carbocycles. The Bertz CT molecular complexity index is 889. The predicted molar refractivity (Wildman–Crippen MR) is 102 cm³/mol. The number of benzene rings is 2. The van der Waals surface area contributed by atoms with Crippen molar-refractivity contribution < 1.29 is 28.9 Å². The van der Waals surface area contributed by atoms with Gasteiger partial charge in [0.2, 0.25) is 0 Å². The Morgan fingerprint density at radius 1 is 1.07 bits per heavy atom. The average Bonchev–Trinajstić information content (AvgIpc) is 2.71. The monoisotopic (exact) mass is 397 g/mol. The summed E-state index contributed by atoms with van der Waals surface area (Å²) in [6.07, 6.45) is 0. The number of rotatable bonds is 10. The largest absolute Gasteiger partial charge is 0.548 e. The fourth-order valence-corrected chi connectivity index (χ4v) is 2.52. The van der Waals surface area contributed by atoms with Crippen LogP contribution < -0.4 is 19.9 Å². The Labute approximate surface area is 168 Å². The maximum absolute atomic E-state index is 11.8. The second kappa shape index (κ2) is 10.6. The highest BCUT2D eigenvalue weighted by molar-refractivity contribution is 5.78. The minimum atomic E-state index is -1.36. The third kappa shape index (κ3) is 6.43. The Morgan fingerprint density at radius 3 is 2.28 bits per heavy atom. The molecule has 0 saturated heterocycles. The molecule has 0 bridgehead atoms. The van der Waals surface area contributed by atoms with Gasteiger partial charge in [0.1, 0.15) is 11.5 Å². The molecule has 0 fully saturated rings. The van der Waals surface area contributed by atoms with Crippen LogP contribution in [0.15, 0.2) is 42.5 Å². The van der Waals surface area contributed by atoms with Crippen molar-refractivity contribution in [3.8, 4) is 17.6 Å². The zero-order chi connectivity index (χ0) is 21.2. The van der Waals surface area contributed by atoms with E-state index in [9.17, 15) is 14.7 Å². The lowest BCUT2D eigenvalue weighted by molar-refractivity contribution is -0.307. The van der Waals surface area contributed by atoms with Gasteiger partial charge in [0.05, 0.1) is 36.9 Å². The number of carboxylic acid groups (broad SMARTS) is 1. The molecule has 1 N–H and O–H groups in total. The Morgan fingerprint density at radius 2 is 1.72 bits per heavy atom. The van der Waals surface area contributed by atoms with Gasteiger partial charge in [-0.3, -0.25) is 0 Å². The number of hydrogen-bond acceptors (Lipinski definition) is 8. The summed E-state index contributed by atoms with van der Waals surface area (Å²) in [6.45, 7) is 3.75. The third-order valence-electron chi connectivity index (χ3n) is 3.77. The van der Waals surface area contributed by atoms with Crippen molar-refractivity contribution in [3.63, 3.8) is 0 Å². The van der Waals surface area contributed by atoms with E-state index >= 15 is 0 Å². The highest BCUT2D eigenvalue weighted by Gasteiger charge is 2.16. The summed E-state index contributed by atoms with van der Waals surface area (Å²) in [4.78, 5) is 23.3. The zero-order valence-corrected chi connectivity index (χ0v) is 16.1. The van der Waals surface area contributed by atoms with Gasteiger partial charge >= 0.3 is 5.97 Å². The van der Waals surface area contributed by atoms with E-state index < -0.39 is 18.0 Å². The first-order valence-corrected chi connectivity index (χ1v) is 9.00. The summed E-state index contributed by atoms with van der Waals surface area (Å²) in [5.41, 5.74) is 1.27. The second-order valence-corrected chi connectivity index (χ2v) is 5.85. The number of nitriles is 1. The van der Waals surface area contributed by atoms with E-state index in [1.165, 1.54) is 6.07 Å². The van der Waals surface area contributed by atoms with Crippen molar-refractivity contribution in [2.75, 3.05) is 25.1 Å². The molecule has 152 valence electrons. The number of carboxylic acids is 1. The van der Waals surface area contributed by atoms with Gasteiger partial charge < -0.3 is 29.4 Å². The first kappa shape index (κ1) is 21.6. The van der Waals surface area contributed by atoms with Crippen molar-refractivity contribution in [2.45, 2.75) is 19.9 Å².